The van der Waals surface area contributed by atoms with E-state index in [0.717, 1.165) is 5.56 Å². The highest BCUT2D eigenvalue weighted by atomic mass is 16.3. The molecule has 0 aliphatic carbocycles. The lowest BCUT2D eigenvalue weighted by Crippen LogP contribution is -2.26. The van der Waals surface area contributed by atoms with Crippen molar-refractivity contribution in [3.05, 3.63) is 88.6 Å². The molecule has 0 aliphatic rings. The Morgan fingerprint density at radius 3 is 2.42 bits per heavy atom. The van der Waals surface area contributed by atoms with E-state index in [9.17, 15) is 14.4 Å². The number of carbonyl (C=O) groups is 3. The molecule has 0 saturated heterocycles. The second-order valence-corrected chi connectivity index (χ2v) is 7.17. The number of hydrogen-bond acceptors (Lipinski definition) is 5. The number of rotatable bonds is 7. The van der Waals surface area contributed by atoms with Crippen molar-refractivity contribution in [2.45, 2.75) is 20.0 Å². The molecule has 8 heteroatoms. The van der Waals surface area contributed by atoms with Crippen LogP contribution in [0.4, 0.5) is 0 Å². The van der Waals surface area contributed by atoms with Crippen molar-refractivity contribution in [3.8, 4) is 0 Å². The Balaban J connectivity index is 1.61. The van der Waals surface area contributed by atoms with Crippen molar-refractivity contribution < 1.29 is 18.8 Å². The van der Waals surface area contributed by atoms with Gasteiger partial charge in [-0.1, -0.05) is 12.1 Å². The summed E-state index contributed by atoms with van der Waals surface area (Å²) in [6.45, 7) is 2.23. The van der Waals surface area contributed by atoms with Crippen molar-refractivity contribution in [2.75, 3.05) is 14.1 Å². The van der Waals surface area contributed by atoms with E-state index in [1.807, 2.05) is 6.07 Å². The Morgan fingerprint density at radius 1 is 0.968 bits per heavy atom. The Kier molecular flexibility index (Phi) is 6.81. The molecule has 3 amide bonds. The van der Waals surface area contributed by atoms with Gasteiger partial charge in [0, 0.05) is 26.2 Å². The van der Waals surface area contributed by atoms with Gasteiger partial charge in [-0.05, 0) is 48.9 Å². The van der Waals surface area contributed by atoms with E-state index in [2.05, 4.69) is 15.6 Å². The number of benzene rings is 1. The number of nitrogens with zero attached hydrogens (tertiary/aromatic N) is 2. The number of pyridine rings is 1. The highest BCUT2D eigenvalue weighted by molar-refractivity contribution is 5.97. The molecule has 0 fully saturated rings. The van der Waals surface area contributed by atoms with Crippen LogP contribution in [-0.2, 0) is 13.1 Å². The highest BCUT2D eigenvalue weighted by Gasteiger charge is 2.15. The summed E-state index contributed by atoms with van der Waals surface area (Å²) in [4.78, 5) is 42.6. The molecule has 0 atom stereocenters. The summed E-state index contributed by atoms with van der Waals surface area (Å²) < 4.78 is 5.20. The smallest absolute Gasteiger partial charge is 0.271 e. The highest BCUT2D eigenvalue weighted by Crippen LogP contribution is 2.10. The first-order valence-corrected chi connectivity index (χ1v) is 9.72. The van der Waals surface area contributed by atoms with E-state index in [1.165, 1.54) is 11.0 Å². The maximum absolute atomic E-state index is 12.6. The number of aromatic nitrogens is 1. The fraction of sp³-hybridized carbons (Fsp3) is 0.217. The van der Waals surface area contributed by atoms with Crippen LogP contribution in [0.2, 0.25) is 0 Å². The molecule has 0 radical (unpaired) electrons. The van der Waals surface area contributed by atoms with E-state index >= 15 is 0 Å². The number of furan rings is 1. The third-order valence-electron chi connectivity index (χ3n) is 4.60. The van der Waals surface area contributed by atoms with Crippen LogP contribution >= 0.6 is 0 Å². The molecule has 3 rings (SSSR count). The van der Waals surface area contributed by atoms with Gasteiger partial charge in [0.05, 0.1) is 24.1 Å². The third kappa shape index (κ3) is 5.57. The zero-order valence-electron chi connectivity index (χ0n) is 17.6. The second kappa shape index (κ2) is 9.71. The molecule has 160 valence electrons. The molecule has 8 nitrogen and oxygen atoms in total. The van der Waals surface area contributed by atoms with Crippen LogP contribution < -0.4 is 10.6 Å². The number of carbonyl (C=O) groups excluding carboxylic acids is 3. The molecule has 0 saturated carbocycles. The minimum Gasteiger partial charge on any atom is -0.467 e. The fourth-order valence-corrected chi connectivity index (χ4v) is 2.93. The minimum atomic E-state index is -0.304. The summed E-state index contributed by atoms with van der Waals surface area (Å²) in [7, 11) is 3.29. The maximum atomic E-state index is 12.6. The van der Waals surface area contributed by atoms with Crippen LogP contribution in [0.5, 0.6) is 0 Å². The van der Waals surface area contributed by atoms with Crippen LogP contribution in [-0.4, -0.2) is 41.7 Å². The summed E-state index contributed by atoms with van der Waals surface area (Å²) in [5.41, 5.74) is 2.41. The van der Waals surface area contributed by atoms with Gasteiger partial charge in [0.25, 0.3) is 17.7 Å². The number of hydrogen-bond donors (Lipinski definition) is 2. The predicted octanol–water partition coefficient (Wildman–Crippen LogP) is 2.54. The fourth-order valence-electron chi connectivity index (χ4n) is 2.93. The number of amides is 3. The molecule has 1 aromatic carbocycles. The zero-order chi connectivity index (χ0) is 22.4. The number of nitrogens with one attached hydrogen (secondary N) is 2. The molecular weight excluding hydrogens is 396 g/mol. The van der Waals surface area contributed by atoms with Gasteiger partial charge in [-0.3, -0.25) is 14.4 Å². The van der Waals surface area contributed by atoms with E-state index in [0.29, 0.717) is 29.1 Å². The molecule has 0 unspecified atom stereocenters. The van der Waals surface area contributed by atoms with Gasteiger partial charge < -0.3 is 20.0 Å². The average Bonchev–Trinajstić information content (AvgIpc) is 3.29. The Bertz CT molecular complexity index is 1090. The second-order valence-electron chi connectivity index (χ2n) is 7.17. The normalized spacial score (nSPS) is 10.4. The summed E-state index contributed by atoms with van der Waals surface area (Å²) in [6, 6.07) is 13.7. The number of aryl methyl sites for hydroxylation is 1. The zero-order valence-corrected chi connectivity index (χ0v) is 17.6. The van der Waals surface area contributed by atoms with Gasteiger partial charge in [-0.25, -0.2) is 4.98 Å². The van der Waals surface area contributed by atoms with Gasteiger partial charge in [0.1, 0.15) is 11.5 Å². The SMILES string of the molecule is Cc1nc(C(=O)N(C)C)ccc1C(=O)NCc1cccc(C(=O)NCc2ccco2)c1. The summed E-state index contributed by atoms with van der Waals surface area (Å²) in [6.07, 6.45) is 1.55. The maximum Gasteiger partial charge on any atom is 0.271 e. The lowest BCUT2D eigenvalue weighted by molar-refractivity contribution is 0.0820. The third-order valence-corrected chi connectivity index (χ3v) is 4.60. The van der Waals surface area contributed by atoms with E-state index in [1.54, 1.807) is 63.7 Å². The topological polar surface area (TPSA) is 105 Å². The first-order chi connectivity index (χ1) is 14.8. The summed E-state index contributed by atoms with van der Waals surface area (Å²) in [5, 5.41) is 5.62. The first kappa shape index (κ1) is 21.8. The van der Waals surface area contributed by atoms with Crippen molar-refractivity contribution in [2.24, 2.45) is 0 Å². The molecule has 31 heavy (non-hydrogen) atoms. The van der Waals surface area contributed by atoms with Crippen molar-refractivity contribution >= 4 is 17.7 Å². The Labute approximate surface area is 180 Å². The molecule has 0 aliphatic heterocycles. The first-order valence-electron chi connectivity index (χ1n) is 9.72. The van der Waals surface area contributed by atoms with Crippen LogP contribution in [0.25, 0.3) is 0 Å². The van der Waals surface area contributed by atoms with Gasteiger partial charge in [0.2, 0.25) is 0 Å². The summed E-state index contributed by atoms with van der Waals surface area (Å²) >= 11 is 0. The Morgan fingerprint density at radius 2 is 1.74 bits per heavy atom. The molecule has 2 N–H and O–H groups in total. The van der Waals surface area contributed by atoms with Crippen LogP contribution in [0.15, 0.2) is 59.2 Å². The molecular formula is C23H24N4O4. The quantitative estimate of drug-likeness (QED) is 0.611. The summed E-state index contributed by atoms with van der Waals surface area (Å²) in [5.74, 6) is -0.0939. The monoisotopic (exact) mass is 420 g/mol. The standard InChI is InChI=1S/C23H24N4O4/c1-15-19(9-10-20(26-15)23(30)27(2)3)22(29)24-13-16-6-4-7-17(12-16)21(28)25-14-18-8-5-11-31-18/h4-12H,13-14H2,1-3H3,(H,24,29)(H,25,28). The van der Waals surface area contributed by atoms with Gasteiger partial charge in [-0.15, -0.1) is 0 Å². The lowest BCUT2D eigenvalue weighted by Gasteiger charge is -2.12. The van der Waals surface area contributed by atoms with Crippen molar-refractivity contribution in [1.82, 2.24) is 20.5 Å². The minimum absolute atomic E-state index is 0.225. The van der Waals surface area contributed by atoms with Crippen LogP contribution in [0.1, 0.15) is 48.2 Å². The molecule has 3 aromatic rings. The van der Waals surface area contributed by atoms with Crippen LogP contribution in [0.3, 0.4) is 0 Å². The van der Waals surface area contributed by atoms with Gasteiger partial charge in [-0.2, -0.15) is 0 Å². The Hall–Kier alpha value is -3.94. The molecule has 0 spiro atoms. The van der Waals surface area contributed by atoms with Gasteiger partial charge >= 0.3 is 0 Å². The van der Waals surface area contributed by atoms with E-state index in [4.69, 9.17) is 4.42 Å². The molecule has 2 heterocycles. The predicted molar refractivity (Wildman–Crippen MR) is 114 cm³/mol. The average molecular weight is 420 g/mol. The lowest BCUT2D eigenvalue weighted by atomic mass is 10.1. The molecule has 0 bridgehead atoms. The van der Waals surface area contributed by atoms with E-state index < -0.39 is 0 Å². The van der Waals surface area contributed by atoms with Crippen molar-refractivity contribution in [3.63, 3.8) is 0 Å². The molecule has 2 aromatic heterocycles. The van der Waals surface area contributed by atoms with Crippen LogP contribution in [0, 0.1) is 6.92 Å². The van der Waals surface area contributed by atoms with Crippen molar-refractivity contribution in [1.29, 1.82) is 0 Å². The van der Waals surface area contributed by atoms with Gasteiger partial charge in [0.15, 0.2) is 0 Å². The van der Waals surface area contributed by atoms with E-state index in [-0.39, 0.29) is 30.0 Å². The largest absolute Gasteiger partial charge is 0.467 e.